The van der Waals surface area contributed by atoms with Gasteiger partial charge in [0, 0.05) is 5.69 Å². The van der Waals surface area contributed by atoms with Gasteiger partial charge in [-0.25, -0.2) is 0 Å². The fourth-order valence-electron chi connectivity index (χ4n) is 1.85. The zero-order chi connectivity index (χ0) is 16.1. The Balaban J connectivity index is 1.94. The van der Waals surface area contributed by atoms with E-state index < -0.39 is 0 Å². The van der Waals surface area contributed by atoms with E-state index in [-0.39, 0.29) is 5.91 Å². The summed E-state index contributed by atoms with van der Waals surface area (Å²) in [5.74, 6) is -0.351. The molecule has 0 bridgehead atoms. The van der Waals surface area contributed by atoms with E-state index in [1.807, 2.05) is 32.0 Å². The van der Waals surface area contributed by atoms with Crippen LogP contribution in [0.2, 0.25) is 5.02 Å². The molecule has 3 N–H and O–H groups in total. The molecule has 0 spiro atoms. The molecule has 0 saturated carbocycles. The van der Waals surface area contributed by atoms with Crippen LogP contribution >= 0.6 is 23.8 Å². The number of benzene rings is 2. The van der Waals surface area contributed by atoms with E-state index >= 15 is 0 Å². The van der Waals surface area contributed by atoms with Gasteiger partial charge in [-0.1, -0.05) is 35.9 Å². The highest BCUT2D eigenvalue weighted by Crippen LogP contribution is 2.16. The van der Waals surface area contributed by atoms with Crippen molar-refractivity contribution in [2.24, 2.45) is 0 Å². The van der Waals surface area contributed by atoms with E-state index in [0.29, 0.717) is 15.7 Å². The summed E-state index contributed by atoms with van der Waals surface area (Å²) < 4.78 is 0. The first-order chi connectivity index (χ1) is 10.5. The first-order valence-electron chi connectivity index (χ1n) is 6.66. The molecule has 6 heteroatoms. The molecule has 0 unspecified atom stereocenters. The molecule has 114 valence electrons. The Hall–Kier alpha value is -2.11. The molecule has 0 aliphatic carbocycles. The van der Waals surface area contributed by atoms with Gasteiger partial charge in [-0.15, -0.1) is 0 Å². The van der Waals surface area contributed by atoms with Crippen LogP contribution in [0, 0.1) is 13.8 Å². The minimum atomic E-state index is -0.351. The zero-order valence-electron chi connectivity index (χ0n) is 12.2. The van der Waals surface area contributed by atoms with Crippen molar-refractivity contribution in [2.75, 3.05) is 5.32 Å². The second-order valence-corrected chi connectivity index (χ2v) is 5.65. The Bertz CT molecular complexity index is 718. The van der Waals surface area contributed by atoms with Gasteiger partial charge < -0.3 is 5.32 Å². The minimum Gasteiger partial charge on any atom is -0.331 e. The van der Waals surface area contributed by atoms with Crippen molar-refractivity contribution in [2.45, 2.75) is 13.8 Å². The average Bonchev–Trinajstić information content (AvgIpc) is 2.49. The molecule has 0 heterocycles. The van der Waals surface area contributed by atoms with Gasteiger partial charge in [0.2, 0.25) is 0 Å². The maximum Gasteiger partial charge on any atom is 0.271 e. The van der Waals surface area contributed by atoms with Gasteiger partial charge in [0.05, 0.1) is 10.6 Å². The number of aryl methyl sites for hydroxylation is 2. The van der Waals surface area contributed by atoms with Gasteiger partial charge in [-0.3, -0.25) is 15.6 Å². The molecule has 0 radical (unpaired) electrons. The molecule has 4 nitrogen and oxygen atoms in total. The fraction of sp³-hybridized carbons (Fsp3) is 0.125. The lowest BCUT2D eigenvalue weighted by molar-refractivity contribution is 0.0944. The van der Waals surface area contributed by atoms with E-state index in [2.05, 4.69) is 16.2 Å². The van der Waals surface area contributed by atoms with Crippen LogP contribution in [-0.4, -0.2) is 11.0 Å². The fourth-order valence-corrected chi connectivity index (χ4v) is 2.23. The third-order valence-corrected chi connectivity index (χ3v) is 3.58. The molecule has 0 fully saturated rings. The molecule has 1 amide bonds. The molecule has 22 heavy (non-hydrogen) atoms. The standard InChI is InChI=1S/C16H16ClN3OS/c1-10-7-8-11(2)14(9-10)18-16(22)20-19-15(21)12-5-3-4-6-13(12)17/h3-9H,1-2H3,(H,19,21)(H2,18,20,22). The smallest absolute Gasteiger partial charge is 0.271 e. The first kappa shape index (κ1) is 16.3. The van der Waals surface area contributed by atoms with Crippen molar-refractivity contribution in [3.05, 3.63) is 64.2 Å². The predicted molar refractivity (Wildman–Crippen MR) is 94.2 cm³/mol. The van der Waals surface area contributed by atoms with E-state index in [4.69, 9.17) is 23.8 Å². The Morgan fingerprint density at radius 2 is 1.82 bits per heavy atom. The van der Waals surface area contributed by atoms with Crippen molar-refractivity contribution >= 4 is 40.5 Å². The van der Waals surface area contributed by atoms with Crippen molar-refractivity contribution in [1.82, 2.24) is 10.9 Å². The number of rotatable bonds is 2. The zero-order valence-corrected chi connectivity index (χ0v) is 13.8. The highest BCUT2D eigenvalue weighted by atomic mass is 35.5. The lowest BCUT2D eigenvalue weighted by atomic mass is 10.1. The molecular weight excluding hydrogens is 318 g/mol. The molecular formula is C16H16ClN3OS. The first-order valence-corrected chi connectivity index (χ1v) is 7.45. The lowest BCUT2D eigenvalue weighted by Crippen LogP contribution is -2.43. The largest absolute Gasteiger partial charge is 0.331 e. The van der Waals surface area contributed by atoms with Crippen molar-refractivity contribution in [3.63, 3.8) is 0 Å². The quantitative estimate of drug-likeness (QED) is 0.580. The molecule has 0 atom stereocenters. The molecule has 2 aromatic rings. The number of halogens is 1. The molecule has 0 saturated heterocycles. The highest BCUT2D eigenvalue weighted by Gasteiger charge is 2.09. The number of hydrogen-bond acceptors (Lipinski definition) is 2. The molecule has 2 rings (SSSR count). The van der Waals surface area contributed by atoms with Crippen LogP contribution < -0.4 is 16.2 Å². The second kappa shape index (κ2) is 7.24. The second-order valence-electron chi connectivity index (χ2n) is 4.83. The van der Waals surface area contributed by atoms with Crippen LogP contribution in [0.3, 0.4) is 0 Å². The maximum absolute atomic E-state index is 12.0. The Morgan fingerprint density at radius 1 is 1.09 bits per heavy atom. The van der Waals surface area contributed by atoms with Crippen LogP contribution in [0.25, 0.3) is 0 Å². The summed E-state index contributed by atoms with van der Waals surface area (Å²) in [5, 5.41) is 3.73. The Morgan fingerprint density at radius 3 is 2.55 bits per heavy atom. The summed E-state index contributed by atoms with van der Waals surface area (Å²) in [6.07, 6.45) is 0. The molecule has 0 aliphatic rings. The third-order valence-electron chi connectivity index (χ3n) is 3.05. The van der Waals surface area contributed by atoms with Crippen molar-refractivity contribution < 1.29 is 4.79 Å². The number of anilines is 1. The summed E-state index contributed by atoms with van der Waals surface area (Å²) in [6, 6.07) is 12.8. The molecule has 0 aliphatic heterocycles. The summed E-state index contributed by atoms with van der Waals surface area (Å²) in [4.78, 5) is 12.0. The van der Waals surface area contributed by atoms with Gasteiger partial charge in [-0.2, -0.15) is 0 Å². The van der Waals surface area contributed by atoms with Gasteiger partial charge in [0.25, 0.3) is 5.91 Å². The number of carbonyl (C=O) groups is 1. The van der Waals surface area contributed by atoms with Crippen LogP contribution in [0.5, 0.6) is 0 Å². The number of carbonyl (C=O) groups excluding carboxylic acids is 1. The van der Waals surface area contributed by atoms with E-state index in [0.717, 1.165) is 16.8 Å². The van der Waals surface area contributed by atoms with Gasteiger partial charge in [0.15, 0.2) is 5.11 Å². The molecule has 0 aromatic heterocycles. The topological polar surface area (TPSA) is 53.2 Å². The maximum atomic E-state index is 12.0. The number of hydrogen-bond donors (Lipinski definition) is 3. The number of amides is 1. The third kappa shape index (κ3) is 4.19. The normalized spacial score (nSPS) is 9.95. The average molecular weight is 334 g/mol. The van der Waals surface area contributed by atoms with Crippen molar-refractivity contribution in [1.29, 1.82) is 0 Å². The van der Waals surface area contributed by atoms with E-state index in [1.165, 1.54) is 0 Å². The van der Waals surface area contributed by atoms with Gasteiger partial charge in [-0.05, 0) is 55.4 Å². The lowest BCUT2D eigenvalue weighted by Gasteiger charge is -2.14. The van der Waals surface area contributed by atoms with Crippen LogP contribution in [0.1, 0.15) is 21.5 Å². The number of nitrogens with one attached hydrogen (secondary N) is 3. The van der Waals surface area contributed by atoms with E-state index in [1.54, 1.807) is 24.3 Å². The molecule has 2 aromatic carbocycles. The highest BCUT2D eigenvalue weighted by molar-refractivity contribution is 7.80. The Kier molecular flexibility index (Phi) is 5.35. The number of hydrazine groups is 1. The Labute approximate surface area is 139 Å². The predicted octanol–water partition coefficient (Wildman–Crippen LogP) is 3.59. The monoisotopic (exact) mass is 333 g/mol. The van der Waals surface area contributed by atoms with Crippen LogP contribution in [0.15, 0.2) is 42.5 Å². The van der Waals surface area contributed by atoms with Crippen LogP contribution in [-0.2, 0) is 0 Å². The van der Waals surface area contributed by atoms with E-state index in [9.17, 15) is 4.79 Å². The summed E-state index contributed by atoms with van der Waals surface area (Å²) in [7, 11) is 0. The van der Waals surface area contributed by atoms with Crippen LogP contribution in [0.4, 0.5) is 5.69 Å². The SMILES string of the molecule is Cc1ccc(C)c(NC(=S)NNC(=O)c2ccccc2Cl)c1. The van der Waals surface area contributed by atoms with Gasteiger partial charge in [0.1, 0.15) is 0 Å². The summed E-state index contributed by atoms with van der Waals surface area (Å²) in [5.41, 5.74) is 8.64. The van der Waals surface area contributed by atoms with Crippen molar-refractivity contribution in [3.8, 4) is 0 Å². The summed E-state index contributed by atoms with van der Waals surface area (Å²) >= 11 is 11.1. The summed E-state index contributed by atoms with van der Waals surface area (Å²) in [6.45, 7) is 3.98. The van der Waals surface area contributed by atoms with Gasteiger partial charge >= 0.3 is 0 Å². The minimum absolute atomic E-state index is 0.300. The number of thiocarbonyl (C=S) groups is 1.